The van der Waals surface area contributed by atoms with Crippen LogP contribution in [0.15, 0.2) is 99.6 Å². The van der Waals surface area contributed by atoms with Crippen molar-refractivity contribution < 1.29 is 24.1 Å². The molecule has 1 aliphatic heterocycles. The van der Waals surface area contributed by atoms with Crippen molar-refractivity contribution >= 4 is 12.0 Å². The van der Waals surface area contributed by atoms with Gasteiger partial charge in [-0.2, -0.15) is 0 Å². The maximum absolute atomic E-state index is 12.7. The molecular weight excluding hydrogens is 564 g/mol. The van der Waals surface area contributed by atoms with Crippen molar-refractivity contribution in [2.45, 2.75) is 30.5 Å². The van der Waals surface area contributed by atoms with Gasteiger partial charge in [0.15, 0.2) is 0 Å². The van der Waals surface area contributed by atoms with Crippen molar-refractivity contribution in [2.75, 3.05) is 34.9 Å². The lowest BCUT2D eigenvalue weighted by Crippen LogP contribution is -2.38. The van der Waals surface area contributed by atoms with E-state index in [4.69, 9.17) is 18.9 Å². The summed E-state index contributed by atoms with van der Waals surface area (Å²) in [6.07, 6.45) is 0.330. The van der Waals surface area contributed by atoms with Crippen LogP contribution in [0.4, 0.5) is 5.69 Å². The fourth-order valence-corrected chi connectivity index (χ4v) is 5.28. The van der Waals surface area contributed by atoms with E-state index in [-0.39, 0.29) is 18.7 Å². The van der Waals surface area contributed by atoms with Gasteiger partial charge in [-0.1, -0.05) is 54.6 Å². The smallest absolute Gasteiger partial charge is 0.330 e. The fraction of sp³-hybridized carbons (Fsp3) is 0.303. The molecule has 1 fully saturated rings. The van der Waals surface area contributed by atoms with Gasteiger partial charge in [-0.25, -0.2) is 9.79 Å². The minimum atomic E-state index is -1.11. The van der Waals surface area contributed by atoms with Crippen molar-refractivity contribution in [3.63, 3.8) is 0 Å². The summed E-state index contributed by atoms with van der Waals surface area (Å²) in [5.74, 6) is 1.40. The topological polar surface area (TPSA) is 128 Å². The van der Waals surface area contributed by atoms with E-state index >= 15 is 0 Å². The summed E-state index contributed by atoms with van der Waals surface area (Å²) in [5.41, 5.74) is 0.182. The molecule has 4 aromatic rings. The molecule has 3 atom stereocenters. The number of nitrogens with zero attached hydrogens (tertiary/aromatic N) is 3. The van der Waals surface area contributed by atoms with Crippen LogP contribution in [0, 0.1) is 0 Å². The molecule has 1 saturated heterocycles. The summed E-state index contributed by atoms with van der Waals surface area (Å²) in [6, 6.07) is 25.0. The number of benzene rings is 3. The van der Waals surface area contributed by atoms with Gasteiger partial charge in [0.2, 0.25) is 0 Å². The zero-order valence-corrected chi connectivity index (χ0v) is 25.0. The molecule has 3 aromatic carbocycles. The zero-order chi connectivity index (χ0) is 31.3. The number of aliphatic hydroxyl groups excluding tert-OH is 1. The number of methoxy groups -OCH3 is 2. The largest absolute Gasteiger partial charge is 0.497 e. The molecule has 1 aromatic heterocycles. The second kappa shape index (κ2) is 13.3. The van der Waals surface area contributed by atoms with E-state index in [0.29, 0.717) is 11.5 Å². The molecule has 0 bridgehead atoms. The van der Waals surface area contributed by atoms with Gasteiger partial charge in [0.1, 0.15) is 35.1 Å². The summed E-state index contributed by atoms with van der Waals surface area (Å²) in [5, 5.41) is 11.1. The van der Waals surface area contributed by atoms with Crippen molar-refractivity contribution in [3.8, 4) is 11.5 Å². The molecule has 44 heavy (non-hydrogen) atoms. The maximum Gasteiger partial charge on any atom is 0.330 e. The van der Waals surface area contributed by atoms with Crippen LogP contribution < -0.4 is 20.7 Å². The van der Waals surface area contributed by atoms with Gasteiger partial charge in [-0.05, 0) is 41.0 Å². The minimum absolute atomic E-state index is 0.0195. The van der Waals surface area contributed by atoms with Crippen molar-refractivity contribution in [2.24, 2.45) is 4.99 Å². The second-order valence-electron chi connectivity index (χ2n) is 10.6. The van der Waals surface area contributed by atoms with Gasteiger partial charge in [-0.15, -0.1) is 0 Å². The third-order valence-corrected chi connectivity index (χ3v) is 7.53. The van der Waals surface area contributed by atoms with E-state index in [1.54, 1.807) is 33.2 Å². The number of ether oxygens (including phenoxy) is 4. The summed E-state index contributed by atoms with van der Waals surface area (Å²) in [6.45, 7) is -0.0195. The van der Waals surface area contributed by atoms with E-state index in [0.717, 1.165) is 16.7 Å². The molecule has 0 spiro atoms. The summed E-state index contributed by atoms with van der Waals surface area (Å²) < 4.78 is 25.1. The monoisotopic (exact) mass is 600 g/mol. The molecule has 0 unspecified atom stereocenters. The maximum atomic E-state index is 12.7. The average molecular weight is 601 g/mol. The number of nitrogens with one attached hydrogen (secondary N) is 1. The van der Waals surface area contributed by atoms with E-state index in [2.05, 4.69) is 9.98 Å². The summed E-state index contributed by atoms with van der Waals surface area (Å²) in [7, 11) is 6.75. The Morgan fingerprint density at radius 3 is 2.07 bits per heavy atom. The van der Waals surface area contributed by atoms with Crippen LogP contribution >= 0.6 is 0 Å². The van der Waals surface area contributed by atoms with Crippen LogP contribution in [0.5, 0.6) is 11.5 Å². The molecule has 5 rings (SSSR count). The molecule has 0 aliphatic carbocycles. The predicted octanol–water partition coefficient (Wildman–Crippen LogP) is 3.43. The minimum Gasteiger partial charge on any atom is -0.497 e. The Balaban J connectivity index is 1.51. The molecule has 2 heterocycles. The molecule has 11 nitrogen and oxygen atoms in total. The molecule has 0 saturated carbocycles. The van der Waals surface area contributed by atoms with Crippen LogP contribution in [0.2, 0.25) is 0 Å². The quantitative estimate of drug-likeness (QED) is 0.152. The first-order valence-corrected chi connectivity index (χ1v) is 14.1. The first-order valence-electron chi connectivity index (χ1n) is 14.1. The van der Waals surface area contributed by atoms with Crippen LogP contribution in [-0.2, 0) is 15.1 Å². The number of H-pyrrole nitrogens is 1. The third-order valence-electron chi connectivity index (χ3n) is 7.53. The fourth-order valence-electron chi connectivity index (χ4n) is 5.28. The molecule has 11 heteroatoms. The van der Waals surface area contributed by atoms with Gasteiger partial charge in [0.05, 0.1) is 33.3 Å². The van der Waals surface area contributed by atoms with E-state index in [1.165, 1.54) is 17.1 Å². The molecule has 2 N–H and O–H groups in total. The Labute approximate surface area is 254 Å². The highest BCUT2D eigenvalue weighted by atomic mass is 16.6. The number of hydrogen-bond acceptors (Lipinski definition) is 8. The first kappa shape index (κ1) is 30.7. The Morgan fingerprint density at radius 1 is 0.955 bits per heavy atom. The molecule has 230 valence electrons. The normalized spacial score (nSPS) is 18.4. The Bertz CT molecular complexity index is 1640. The summed E-state index contributed by atoms with van der Waals surface area (Å²) in [4.78, 5) is 33.2. The van der Waals surface area contributed by atoms with Crippen LogP contribution in [0.25, 0.3) is 0 Å². The standard InChI is InChI=1S/C33H36N4O7/c1-36(2)21-34-27-19-37(32(40)35-31(27)39)30-18-28(38)29(44-30)20-43-33(22-8-6-5-7-9-22,23-10-14-25(41-3)15-11-23)24-12-16-26(42-4)17-13-24/h5-17,19,21,28-30,38H,18,20H2,1-4H3,(H,35,39,40)/t28-,29+,30+/m0/s1. The van der Waals surface area contributed by atoms with Crippen LogP contribution in [0.3, 0.4) is 0 Å². The lowest BCUT2D eigenvalue weighted by atomic mass is 9.80. The van der Waals surface area contributed by atoms with Crippen LogP contribution in [-0.4, -0.2) is 73.0 Å². The Hall–Kier alpha value is -4.71. The Kier molecular flexibility index (Phi) is 9.29. The lowest BCUT2D eigenvalue weighted by Gasteiger charge is -2.37. The lowest BCUT2D eigenvalue weighted by molar-refractivity contribution is -0.0944. The second-order valence-corrected chi connectivity index (χ2v) is 10.6. The summed E-state index contributed by atoms with van der Waals surface area (Å²) >= 11 is 0. The van der Waals surface area contributed by atoms with Gasteiger partial charge in [-0.3, -0.25) is 14.3 Å². The molecule has 1 aliphatic rings. The van der Waals surface area contributed by atoms with E-state index in [1.807, 2.05) is 78.9 Å². The van der Waals surface area contributed by atoms with Gasteiger partial charge >= 0.3 is 5.69 Å². The highest BCUT2D eigenvalue weighted by molar-refractivity contribution is 5.59. The van der Waals surface area contributed by atoms with Gasteiger partial charge < -0.3 is 29.0 Å². The number of rotatable bonds is 11. The number of aliphatic hydroxyl groups is 1. The number of hydrogen-bond donors (Lipinski definition) is 2. The predicted molar refractivity (Wildman–Crippen MR) is 166 cm³/mol. The van der Waals surface area contributed by atoms with Crippen molar-refractivity contribution in [1.82, 2.24) is 14.5 Å². The zero-order valence-electron chi connectivity index (χ0n) is 25.0. The van der Waals surface area contributed by atoms with Crippen molar-refractivity contribution in [3.05, 3.63) is 123 Å². The molecule has 0 radical (unpaired) electrons. The van der Waals surface area contributed by atoms with Gasteiger partial charge in [0.25, 0.3) is 5.56 Å². The van der Waals surface area contributed by atoms with Crippen LogP contribution in [0.1, 0.15) is 29.3 Å². The highest BCUT2D eigenvalue weighted by Gasteiger charge is 2.42. The number of aliphatic imine (C=N–C) groups is 1. The highest BCUT2D eigenvalue weighted by Crippen LogP contribution is 2.42. The van der Waals surface area contributed by atoms with Crippen molar-refractivity contribution in [1.29, 1.82) is 0 Å². The SMILES string of the molecule is COc1ccc(C(OC[C@H]2O[C@@H](n3cc(N=CN(C)C)c(=O)[nH]c3=O)C[C@@H]2O)(c2ccccc2)c2ccc(OC)cc2)cc1. The first-order chi connectivity index (χ1) is 21.2. The molecule has 0 amide bonds. The van der Waals surface area contributed by atoms with E-state index in [9.17, 15) is 14.7 Å². The van der Waals surface area contributed by atoms with Gasteiger partial charge in [0, 0.05) is 26.7 Å². The Morgan fingerprint density at radius 2 is 1.52 bits per heavy atom. The van der Waals surface area contributed by atoms with E-state index < -0.39 is 35.3 Å². The number of aromatic nitrogens is 2. The third kappa shape index (κ3) is 6.30. The molecular formula is C33H36N4O7. The number of aromatic amines is 1. The average Bonchev–Trinajstić information content (AvgIpc) is 3.41.